The molecule has 2 atom stereocenters. The molecule has 2 amide bonds. The monoisotopic (exact) mass is 464 g/mol. The molecule has 0 saturated heterocycles. The largest absolute Gasteiger partial charge is 0.480 e. The van der Waals surface area contributed by atoms with E-state index in [4.69, 9.17) is 4.74 Å². The molecular formula is C27H32N2O5. The molecule has 7 nitrogen and oxygen atoms in total. The summed E-state index contributed by atoms with van der Waals surface area (Å²) in [5.74, 6) is -1.11. The van der Waals surface area contributed by atoms with Gasteiger partial charge in [-0.3, -0.25) is 4.79 Å². The van der Waals surface area contributed by atoms with E-state index in [9.17, 15) is 19.5 Å². The highest BCUT2D eigenvalue weighted by molar-refractivity contribution is 5.86. The SMILES string of the molecule is CN(C(=O)C[C@@H]1CC[C@H](NC(=O)OCC2c3ccccc3-c3ccccc32)C1)C(C)(C)C(=O)O. The minimum Gasteiger partial charge on any atom is -0.480 e. The van der Waals surface area contributed by atoms with E-state index < -0.39 is 17.6 Å². The van der Waals surface area contributed by atoms with Gasteiger partial charge >= 0.3 is 12.1 Å². The van der Waals surface area contributed by atoms with E-state index in [1.54, 1.807) is 0 Å². The fraction of sp³-hybridized carbons (Fsp3) is 0.444. The Hall–Kier alpha value is -3.35. The number of carbonyl (C=O) groups is 3. The van der Waals surface area contributed by atoms with Crippen molar-refractivity contribution in [3.8, 4) is 11.1 Å². The number of carboxylic acids is 1. The number of carboxylic acid groups (broad SMARTS) is 1. The topological polar surface area (TPSA) is 95.9 Å². The number of fused-ring (bicyclic) bond motifs is 3. The highest BCUT2D eigenvalue weighted by Gasteiger charge is 2.37. The normalized spacial score (nSPS) is 19.3. The van der Waals surface area contributed by atoms with Crippen molar-refractivity contribution < 1.29 is 24.2 Å². The lowest BCUT2D eigenvalue weighted by Gasteiger charge is -2.32. The number of carbonyl (C=O) groups excluding carboxylic acids is 2. The predicted octanol–water partition coefficient (Wildman–Crippen LogP) is 4.41. The van der Waals surface area contributed by atoms with Crippen LogP contribution in [0, 0.1) is 5.92 Å². The molecule has 2 aliphatic carbocycles. The number of likely N-dealkylation sites (N-methyl/N-ethyl adjacent to an activating group) is 1. The first-order valence-electron chi connectivity index (χ1n) is 11.8. The smallest absolute Gasteiger partial charge is 0.407 e. The number of alkyl carbamates (subject to hydrolysis) is 1. The van der Waals surface area contributed by atoms with Crippen molar-refractivity contribution >= 4 is 18.0 Å². The van der Waals surface area contributed by atoms with Gasteiger partial charge in [0.1, 0.15) is 12.1 Å². The zero-order chi connectivity index (χ0) is 24.5. The summed E-state index contributed by atoms with van der Waals surface area (Å²) in [4.78, 5) is 37.8. The van der Waals surface area contributed by atoms with E-state index in [2.05, 4.69) is 29.6 Å². The predicted molar refractivity (Wildman–Crippen MR) is 128 cm³/mol. The minimum atomic E-state index is -1.26. The summed E-state index contributed by atoms with van der Waals surface area (Å²) in [6.45, 7) is 3.30. The summed E-state index contributed by atoms with van der Waals surface area (Å²) in [7, 11) is 1.53. The van der Waals surface area contributed by atoms with E-state index in [1.165, 1.54) is 48.0 Å². The summed E-state index contributed by atoms with van der Waals surface area (Å²) < 4.78 is 5.64. The number of amides is 2. The Morgan fingerprint density at radius 2 is 1.62 bits per heavy atom. The maximum Gasteiger partial charge on any atom is 0.407 e. The van der Waals surface area contributed by atoms with Gasteiger partial charge in [-0.25, -0.2) is 9.59 Å². The van der Waals surface area contributed by atoms with Gasteiger partial charge in [-0.15, -0.1) is 0 Å². The number of hydrogen-bond acceptors (Lipinski definition) is 4. The molecule has 2 aromatic carbocycles. The van der Waals surface area contributed by atoms with Gasteiger partial charge in [-0.2, -0.15) is 0 Å². The van der Waals surface area contributed by atoms with Crippen molar-refractivity contribution in [2.45, 2.75) is 57.0 Å². The second kappa shape index (κ2) is 9.49. The molecule has 0 heterocycles. The van der Waals surface area contributed by atoms with Crippen molar-refractivity contribution in [3.05, 3.63) is 59.7 Å². The molecule has 180 valence electrons. The van der Waals surface area contributed by atoms with Crippen molar-refractivity contribution in [2.75, 3.05) is 13.7 Å². The van der Waals surface area contributed by atoms with Crippen LogP contribution < -0.4 is 5.32 Å². The van der Waals surface area contributed by atoms with Gasteiger partial charge in [0, 0.05) is 25.4 Å². The maximum atomic E-state index is 12.6. The standard InChI is InChI=1S/C27H32N2O5/c1-27(2,25(31)32)29(3)24(30)15-17-12-13-18(14-17)28-26(33)34-16-23-21-10-6-4-8-19(21)20-9-5-7-11-22(20)23/h4-11,17-18,23H,12-16H2,1-3H3,(H,28,33)(H,31,32)/t17-,18+/m1/s1. The van der Waals surface area contributed by atoms with Crippen LogP contribution in [0.1, 0.15) is 56.6 Å². The maximum absolute atomic E-state index is 12.6. The molecular weight excluding hydrogens is 432 g/mol. The summed E-state index contributed by atoms with van der Waals surface area (Å²) >= 11 is 0. The molecule has 0 aromatic heterocycles. The third-order valence-electron chi connectivity index (χ3n) is 7.41. The quantitative estimate of drug-likeness (QED) is 0.633. The third kappa shape index (κ3) is 4.65. The molecule has 2 N–H and O–H groups in total. The van der Waals surface area contributed by atoms with Crippen LogP contribution in [-0.4, -0.2) is 53.2 Å². The highest BCUT2D eigenvalue weighted by atomic mass is 16.5. The van der Waals surface area contributed by atoms with Crippen LogP contribution in [0.15, 0.2) is 48.5 Å². The van der Waals surface area contributed by atoms with Gasteiger partial charge in [-0.1, -0.05) is 48.5 Å². The first-order chi connectivity index (χ1) is 16.2. The average molecular weight is 465 g/mol. The molecule has 0 unspecified atom stereocenters. The fourth-order valence-electron chi connectivity index (χ4n) is 5.04. The average Bonchev–Trinajstić information content (AvgIpc) is 3.38. The number of nitrogens with zero attached hydrogens (tertiary/aromatic N) is 1. The number of nitrogens with one attached hydrogen (secondary N) is 1. The number of benzene rings is 2. The molecule has 2 aliphatic rings. The molecule has 4 rings (SSSR count). The zero-order valence-corrected chi connectivity index (χ0v) is 19.9. The van der Waals surface area contributed by atoms with Crippen LogP contribution in [-0.2, 0) is 14.3 Å². The summed E-state index contributed by atoms with van der Waals surface area (Å²) in [5, 5.41) is 12.3. The second-order valence-corrected chi connectivity index (χ2v) is 9.87. The lowest BCUT2D eigenvalue weighted by atomic mass is 9.98. The Bertz CT molecular complexity index is 1050. The zero-order valence-electron chi connectivity index (χ0n) is 19.9. The second-order valence-electron chi connectivity index (χ2n) is 9.87. The van der Waals surface area contributed by atoms with Gasteiger partial charge in [0.25, 0.3) is 0 Å². The molecule has 0 aliphatic heterocycles. The van der Waals surface area contributed by atoms with E-state index in [0.29, 0.717) is 6.42 Å². The molecule has 0 spiro atoms. The Labute approximate surface area is 200 Å². The van der Waals surface area contributed by atoms with E-state index in [1.807, 2.05) is 24.3 Å². The van der Waals surface area contributed by atoms with Crippen molar-refractivity contribution in [1.82, 2.24) is 10.2 Å². The van der Waals surface area contributed by atoms with Crippen molar-refractivity contribution in [1.29, 1.82) is 0 Å². The van der Waals surface area contributed by atoms with Gasteiger partial charge in [0.15, 0.2) is 0 Å². The van der Waals surface area contributed by atoms with E-state index in [-0.39, 0.29) is 36.8 Å². The fourth-order valence-corrected chi connectivity index (χ4v) is 5.04. The minimum absolute atomic E-state index is 0.0141. The van der Waals surface area contributed by atoms with Gasteiger partial charge in [0.05, 0.1) is 0 Å². The molecule has 34 heavy (non-hydrogen) atoms. The van der Waals surface area contributed by atoms with E-state index >= 15 is 0 Å². The number of aliphatic carboxylic acids is 1. The van der Waals surface area contributed by atoms with Crippen LogP contribution in [0.5, 0.6) is 0 Å². The highest BCUT2D eigenvalue weighted by Crippen LogP contribution is 2.44. The third-order valence-corrected chi connectivity index (χ3v) is 7.41. The molecule has 0 bridgehead atoms. The Morgan fingerprint density at radius 3 is 2.21 bits per heavy atom. The van der Waals surface area contributed by atoms with Gasteiger partial charge in [0.2, 0.25) is 5.91 Å². The Balaban J connectivity index is 1.28. The van der Waals surface area contributed by atoms with E-state index in [0.717, 1.165) is 12.8 Å². The Morgan fingerprint density at radius 1 is 1.03 bits per heavy atom. The Kier molecular flexibility index (Phi) is 6.64. The first-order valence-corrected chi connectivity index (χ1v) is 11.8. The molecule has 0 radical (unpaired) electrons. The summed E-state index contributed by atoms with van der Waals surface area (Å²) in [5.41, 5.74) is 3.46. The molecule has 7 heteroatoms. The number of hydrogen-bond donors (Lipinski definition) is 2. The van der Waals surface area contributed by atoms with Crippen LogP contribution in [0.25, 0.3) is 11.1 Å². The van der Waals surface area contributed by atoms with Crippen LogP contribution >= 0.6 is 0 Å². The summed E-state index contributed by atoms with van der Waals surface area (Å²) in [6, 6.07) is 16.4. The molecule has 1 fully saturated rings. The van der Waals surface area contributed by atoms with Gasteiger partial charge < -0.3 is 20.1 Å². The van der Waals surface area contributed by atoms with Crippen LogP contribution in [0.4, 0.5) is 4.79 Å². The van der Waals surface area contributed by atoms with Crippen LogP contribution in [0.3, 0.4) is 0 Å². The van der Waals surface area contributed by atoms with Gasteiger partial charge in [-0.05, 0) is 61.3 Å². The lowest BCUT2D eigenvalue weighted by molar-refractivity contribution is -0.155. The number of rotatable bonds is 7. The van der Waals surface area contributed by atoms with Crippen molar-refractivity contribution in [3.63, 3.8) is 0 Å². The van der Waals surface area contributed by atoms with Crippen LogP contribution in [0.2, 0.25) is 0 Å². The molecule has 1 saturated carbocycles. The van der Waals surface area contributed by atoms with Crippen molar-refractivity contribution in [2.24, 2.45) is 5.92 Å². The lowest BCUT2D eigenvalue weighted by Crippen LogP contribution is -2.51. The first kappa shape index (κ1) is 23.8. The number of ether oxygens (including phenoxy) is 1. The molecule has 2 aromatic rings. The summed E-state index contributed by atoms with van der Waals surface area (Å²) in [6.07, 6.45) is 2.09.